The van der Waals surface area contributed by atoms with Crippen LogP contribution in [0.2, 0.25) is 5.02 Å². The molecular formula is C7H4ClF2N3O2S. The molecule has 9 heteroatoms. The highest BCUT2D eigenvalue weighted by Crippen LogP contribution is 2.33. The number of hydrogen-bond donors (Lipinski definition) is 1. The molecule has 1 aromatic heterocycles. The topological polar surface area (TPSA) is 96.8 Å². The Kier molecular flexibility index (Phi) is 3.42. The van der Waals surface area contributed by atoms with Crippen LogP contribution in [-0.4, -0.2) is 13.4 Å². The number of alkyl halides is 2. The van der Waals surface area contributed by atoms with Gasteiger partial charge in [-0.15, -0.1) is 0 Å². The van der Waals surface area contributed by atoms with Gasteiger partial charge in [-0.1, -0.05) is 11.6 Å². The molecule has 2 N–H and O–H groups in total. The first-order valence-corrected chi connectivity index (χ1v) is 5.61. The Labute approximate surface area is 94.5 Å². The molecule has 0 aromatic carbocycles. The number of primary sulfonamides is 1. The van der Waals surface area contributed by atoms with E-state index in [2.05, 4.69) is 4.98 Å². The second-order valence-electron chi connectivity index (χ2n) is 2.66. The van der Waals surface area contributed by atoms with Crippen molar-refractivity contribution in [2.45, 2.75) is 11.5 Å². The Bertz CT molecular complexity index is 568. The smallest absolute Gasteiger partial charge is 0.242 e. The maximum atomic E-state index is 12.6. The Morgan fingerprint density at radius 3 is 2.50 bits per heavy atom. The quantitative estimate of drug-likeness (QED) is 0.870. The zero-order valence-electron chi connectivity index (χ0n) is 7.49. The SMILES string of the molecule is N#Cc1cnc(S(N)(=O)=O)c(C(F)F)c1Cl. The van der Waals surface area contributed by atoms with Crippen molar-refractivity contribution in [3.05, 3.63) is 22.3 Å². The number of pyridine rings is 1. The van der Waals surface area contributed by atoms with E-state index < -0.39 is 32.1 Å². The fourth-order valence-corrected chi connectivity index (χ4v) is 2.00. The van der Waals surface area contributed by atoms with Crippen molar-refractivity contribution in [2.75, 3.05) is 0 Å². The van der Waals surface area contributed by atoms with Crippen LogP contribution in [-0.2, 0) is 10.0 Å². The lowest BCUT2D eigenvalue weighted by Crippen LogP contribution is -2.17. The maximum absolute atomic E-state index is 12.6. The molecule has 1 aromatic rings. The van der Waals surface area contributed by atoms with Crippen LogP contribution in [0.4, 0.5) is 8.78 Å². The number of halogens is 3. The van der Waals surface area contributed by atoms with Gasteiger partial charge in [-0.3, -0.25) is 0 Å². The van der Waals surface area contributed by atoms with E-state index in [-0.39, 0.29) is 5.56 Å². The van der Waals surface area contributed by atoms with Gasteiger partial charge in [-0.2, -0.15) is 5.26 Å². The molecule has 0 unspecified atom stereocenters. The summed E-state index contributed by atoms with van der Waals surface area (Å²) in [5, 5.41) is 11.5. The second-order valence-corrected chi connectivity index (χ2v) is 4.52. The monoisotopic (exact) mass is 267 g/mol. The van der Waals surface area contributed by atoms with E-state index in [0.717, 1.165) is 6.20 Å². The molecule has 16 heavy (non-hydrogen) atoms. The molecule has 0 saturated carbocycles. The standard InChI is InChI=1S/C7H4ClF2N3O2S/c8-5-3(1-11)2-13-7(16(12,14)15)4(5)6(9)10/h2,6H,(H2,12,14,15). The lowest BCUT2D eigenvalue weighted by Gasteiger charge is -2.08. The predicted octanol–water partition coefficient (Wildman–Crippen LogP) is 1.19. The molecule has 0 saturated heterocycles. The van der Waals surface area contributed by atoms with Gasteiger partial charge in [0.05, 0.1) is 16.1 Å². The molecule has 0 fully saturated rings. The van der Waals surface area contributed by atoms with Crippen LogP contribution in [0.25, 0.3) is 0 Å². The van der Waals surface area contributed by atoms with Gasteiger partial charge in [0, 0.05) is 6.20 Å². The number of hydrogen-bond acceptors (Lipinski definition) is 4. The molecule has 86 valence electrons. The van der Waals surface area contributed by atoms with Gasteiger partial charge in [-0.05, 0) is 0 Å². The number of rotatable bonds is 2. The number of sulfonamides is 1. The molecule has 1 rings (SSSR count). The summed E-state index contributed by atoms with van der Waals surface area (Å²) < 4.78 is 47.1. The van der Waals surface area contributed by atoms with Crippen LogP contribution in [0.15, 0.2) is 11.2 Å². The summed E-state index contributed by atoms with van der Waals surface area (Å²) in [7, 11) is -4.41. The van der Waals surface area contributed by atoms with E-state index >= 15 is 0 Å². The summed E-state index contributed by atoms with van der Waals surface area (Å²) in [4.78, 5) is 3.20. The van der Waals surface area contributed by atoms with Gasteiger partial charge in [0.1, 0.15) is 6.07 Å². The first kappa shape index (κ1) is 12.8. The van der Waals surface area contributed by atoms with E-state index in [1.165, 1.54) is 6.07 Å². The van der Waals surface area contributed by atoms with E-state index in [1.807, 2.05) is 0 Å². The zero-order valence-corrected chi connectivity index (χ0v) is 9.06. The Morgan fingerprint density at radius 2 is 2.12 bits per heavy atom. The van der Waals surface area contributed by atoms with Crippen LogP contribution in [0.3, 0.4) is 0 Å². The van der Waals surface area contributed by atoms with Gasteiger partial charge in [0.15, 0.2) is 5.03 Å². The highest BCUT2D eigenvalue weighted by molar-refractivity contribution is 7.89. The Morgan fingerprint density at radius 1 is 1.56 bits per heavy atom. The average Bonchev–Trinajstić information content (AvgIpc) is 2.15. The van der Waals surface area contributed by atoms with Crippen molar-refractivity contribution in [3.8, 4) is 6.07 Å². The third kappa shape index (κ3) is 2.27. The lowest BCUT2D eigenvalue weighted by molar-refractivity contribution is 0.147. The summed E-state index contributed by atoms with van der Waals surface area (Å²) in [6, 6.07) is 1.51. The van der Waals surface area contributed by atoms with Crippen molar-refractivity contribution in [1.29, 1.82) is 5.26 Å². The number of nitrogens with two attached hydrogens (primary N) is 1. The molecule has 0 spiro atoms. The molecule has 0 aliphatic rings. The summed E-state index contributed by atoms with van der Waals surface area (Å²) in [6.07, 6.45) is -2.42. The van der Waals surface area contributed by atoms with Gasteiger partial charge >= 0.3 is 0 Å². The van der Waals surface area contributed by atoms with E-state index in [4.69, 9.17) is 22.0 Å². The molecule has 0 bridgehead atoms. The van der Waals surface area contributed by atoms with Gasteiger partial charge in [0.2, 0.25) is 0 Å². The average molecular weight is 268 g/mol. The summed E-state index contributed by atoms with van der Waals surface area (Å²) in [6.45, 7) is 0. The van der Waals surface area contributed by atoms with Crippen molar-refractivity contribution in [1.82, 2.24) is 4.98 Å². The van der Waals surface area contributed by atoms with Crippen LogP contribution in [0.5, 0.6) is 0 Å². The van der Waals surface area contributed by atoms with Crippen molar-refractivity contribution >= 4 is 21.6 Å². The number of aromatic nitrogens is 1. The molecule has 0 atom stereocenters. The minimum atomic E-state index is -4.41. The highest BCUT2D eigenvalue weighted by atomic mass is 35.5. The van der Waals surface area contributed by atoms with Crippen LogP contribution >= 0.6 is 11.6 Å². The van der Waals surface area contributed by atoms with Gasteiger partial charge < -0.3 is 0 Å². The second kappa shape index (κ2) is 4.29. The van der Waals surface area contributed by atoms with Gasteiger partial charge in [-0.25, -0.2) is 27.3 Å². The predicted molar refractivity (Wildman–Crippen MR) is 50.3 cm³/mol. The van der Waals surface area contributed by atoms with E-state index in [9.17, 15) is 17.2 Å². The summed E-state index contributed by atoms with van der Waals surface area (Å²) >= 11 is 5.45. The molecule has 5 nitrogen and oxygen atoms in total. The van der Waals surface area contributed by atoms with Crippen LogP contribution in [0.1, 0.15) is 17.6 Å². The van der Waals surface area contributed by atoms with Crippen molar-refractivity contribution < 1.29 is 17.2 Å². The zero-order chi connectivity index (χ0) is 12.5. The van der Waals surface area contributed by atoms with Crippen molar-refractivity contribution in [2.24, 2.45) is 5.14 Å². The first-order chi connectivity index (χ1) is 7.29. The third-order valence-electron chi connectivity index (χ3n) is 1.62. The molecule has 0 aliphatic carbocycles. The molecular weight excluding hydrogens is 264 g/mol. The van der Waals surface area contributed by atoms with E-state index in [1.54, 1.807) is 0 Å². The minimum Gasteiger partial charge on any atom is -0.242 e. The molecule has 1 heterocycles. The van der Waals surface area contributed by atoms with Gasteiger partial charge in [0.25, 0.3) is 16.4 Å². The van der Waals surface area contributed by atoms with Crippen LogP contribution in [0, 0.1) is 11.3 Å². The Hall–Kier alpha value is -1.30. The fraction of sp³-hybridized carbons (Fsp3) is 0.143. The number of nitriles is 1. The van der Waals surface area contributed by atoms with E-state index in [0.29, 0.717) is 0 Å². The fourth-order valence-electron chi connectivity index (χ4n) is 0.982. The third-order valence-corrected chi connectivity index (χ3v) is 2.89. The lowest BCUT2D eigenvalue weighted by atomic mass is 10.2. The molecule has 0 aliphatic heterocycles. The minimum absolute atomic E-state index is 0.343. The largest absolute Gasteiger partial charge is 0.268 e. The molecule has 0 radical (unpaired) electrons. The summed E-state index contributed by atoms with van der Waals surface area (Å²) in [5.41, 5.74) is -1.40. The van der Waals surface area contributed by atoms with Crippen molar-refractivity contribution in [3.63, 3.8) is 0 Å². The summed E-state index contributed by atoms with van der Waals surface area (Å²) in [5.74, 6) is 0. The first-order valence-electron chi connectivity index (χ1n) is 3.68. The van der Waals surface area contributed by atoms with Crippen LogP contribution < -0.4 is 5.14 Å². The molecule has 0 amide bonds. The highest BCUT2D eigenvalue weighted by Gasteiger charge is 2.27. The Balaban J connectivity index is 3.69. The normalized spacial score (nSPS) is 11.5. The maximum Gasteiger partial charge on any atom is 0.268 e. The number of nitrogens with zero attached hydrogens (tertiary/aromatic N) is 2.